The van der Waals surface area contributed by atoms with Gasteiger partial charge in [0.1, 0.15) is 6.10 Å². The fourth-order valence-electron chi connectivity index (χ4n) is 5.67. The second kappa shape index (κ2) is 11.3. The smallest absolute Gasteiger partial charge is 0.410 e. The van der Waals surface area contributed by atoms with Gasteiger partial charge in [-0.05, 0) is 38.0 Å². The van der Waals surface area contributed by atoms with Crippen LogP contribution in [-0.4, -0.2) is 109 Å². The van der Waals surface area contributed by atoms with Crippen LogP contribution in [0.2, 0.25) is 0 Å². The minimum atomic E-state index is -3.83. The molecule has 1 atom stereocenters. The van der Waals surface area contributed by atoms with Crippen LogP contribution >= 0.6 is 0 Å². The maximum atomic E-state index is 13.5. The van der Waals surface area contributed by atoms with E-state index in [2.05, 4.69) is 16.1 Å². The topological polar surface area (TPSA) is 147 Å². The maximum Gasteiger partial charge on any atom is 0.410 e. The number of likely N-dealkylation sites (tertiary alicyclic amines) is 1. The first-order chi connectivity index (χ1) is 18.7. The van der Waals surface area contributed by atoms with Crippen LogP contribution in [0.3, 0.4) is 0 Å². The number of amides is 2. The Hall–Kier alpha value is -2.94. The fourth-order valence-corrected chi connectivity index (χ4v) is 7.69. The van der Waals surface area contributed by atoms with Gasteiger partial charge in [-0.15, -0.1) is 0 Å². The molecule has 2 N–H and O–H groups in total. The van der Waals surface area contributed by atoms with Gasteiger partial charge in [-0.25, -0.2) is 18.7 Å². The Morgan fingerprint density at radius 3 is 2.56 bits per heavy atom. The highest BCUT2D eigenvalue weighted by molar-refractivity contribution is 7.89. The number of nitrogens with zero attached hydrogens (tertiary/aromatic N) is 5. The number of benzene rings is 1. The van der Waals surface area contributed by atoms with Gasteiger partial charge in [-0.1, -0.05) is 0 Å². The Kier molecular flexibility index (Phi) is 7.99. The number of rotatable bonds is 7. The number of piperidine rings is 1. The van der Waals surface area contributed by atoms with Gasteiger partial charge in [-0.3, -0.25) is 14.7 Å². The molecule has 3 saturated heterocycles. The summed E-state index contributed by atoms with van der Waals surface area (Å²) in [5, 5.41) is 14.9. The molecule has 13 nitrogen and oxygen atoms in total. The van der Waals surface area contributed by atoms with E-state index in [1.165, 1.54) is 9.21 Å². The molecule has 0 saturated carbocycles. The van der Waals surface area contributed by atoms with Crippen molar-refractivity contribution < 1.29 is 32.7 Å². The summed E-state index contributed by atoms with van der Waals surface area (Å²) in [6.45, 7) is 5.59. The summed E-state index contributed by atoms with van der Waals surface area (Å²) in [4.78, 5) is 28.9. The number of hydroxylamine groups is 1. The lowest BCUT2D eigenvalue weighted by molar-refractivity contribution is -0.141. The Labute approximate surface area is 227 Å². The summed E-state index contributed by atoms with van der Waals surface area (Å²) in [5.74, 6) is -1.18. The lowest BCUT2D eigenvalue weighted by Gasteiger charge is -2.41. The standard InChI is InChI=1S/C25H36N6O7S/c1-2-31-22-15-20(4-3-19(22)16-26-31)28-10-12-30(13-11-28)39(35,36)18-25(23(32)27-34)6-8-29(9-7-25)24(33)38-21-5-14-37-17-21/h3-4,15-16,21,34H,2,5-14,17-18H2,1H3,(H,27,32)/t21-/m0/s1. The van der Waals surface area contributed by atoms with Crippen LogP contribution in [0.5, 0.6) is 0 Å². The van der Waals surface area contributed by atoms with Crippen molar-refractivity contribution in [2.24, 2.45) is 5.41 Å². The van der Waals surface area contributed by atoms with Gasteiger partial charge in [0.05, 0.1) is 36.1 Å². The van der Waals surface area contributed by atoms with Gasteiger partial charge in [-0.2, -0.15) is 9.40 Å². The molecular formula is C25H36N6O7S. The summed E-state index contributed by atoms with van der Waals surface area (Å²) < 4.78 is 41.1. The van der Waals surface area contributed by atoms with E-state index in [0.29, 0.717) is 32.7 Å². The second-order valence-electron chi connectivity index (χ2n) is 10.4. The summed E-state index contributed by atoms with van der Waals surface area (Å²) in [5.41, 5.74) is 2.36. The average molecular weight is 565 g/mol. The van der Waals surface area contributed by atoms with Crippen LogP contribution in [0.15, 0.2) is 24.4 Å². The van der Waals surface area contributed by atoms with Crippen LogP contribution in [0, 0.1) is 5.41 Å². The number of fused-ring (bicyclic) bond motifs is 1. The van der Waals surface area contributed by atoms with Gasteiger partial charge in [0.2, 0.25) is 10.0 Å². The number of hydrogen-bond donors (Lipinski definition) is 2. The third-order valence-corrected chi connectivity index (χ3v) is 10.2. The van der Waals surface area contributed by atoms with Crippen molar-refractivity contribution in [1.82, 2.24) is 24.5 Å². The van der Waals surface area contributed by atoms with E-state index in [1.54, 1.807) is 5.48 Å². The number of aryl methyl sites for hydroxylation is 1. The SMILES string of the molecule is CCn1ncc2ccc(N3CCN(S(=O)(=O)CC4(C(=O)NO)CCN(C(=O)O[C@H]5CCOC5)CC4)CC3)cc21. The number of carbonyl (C=O) groups excluding carboxylic acids is 2. The highest BCUT2D eigenvalue weighted by Gasteiger charge is 2.47. The molecule has 5 rings (SSSR count). The molecule has 0 spiro atoms. The normalized spacial score (nSPS) is 22.3. The molecule has 1 aromatic heterocycles. The summed E-state index contributed by atoms with van der Waals surface area (Å²) >= 11 is 0. The maximum absolute atomic E-state index is 13.5. The van der Waals surface area contributed by atoms with Crippen LogP contribution in [0.1, 0.15) is 26.2 Å². The Bertz CT molecular complexity index is 1290. The molecular weight excluding hydrogens is 528 g/mol. The number of ether oxygens (including phenoxy) is 2. The third kappa shape index (κ3) is 5.69. The first-order valence-corrected chi connectivity index (χ1v) is 15.0. The monoisotopic (exact) mass is 564 g/mol. The number of piperazine rings is 1. The summed E-state index contributed by atoms with van der Waals surface area (Å²) in [6, 6.07) is 6.12. The van der Waals surface area contributed by atoms with Gasteiger partial charge in [0, 0.05) is 63.3 Å². The van der Waals surface area contributed by atoms with Crippen molar-refractivity contribution in [2.75, 3.05) is 63.1 Å². The first-order valence-electron chi connectivity index (χ1n) is 13.4. The minimum Gasteiger partial charge on any atom is -0.444 e. The van der Waals surface area contributed by atoms with Crippen molar-refractivity contribution in [3.05, 3.63) is 24.4 Å². The highest BCUT2D eigenvalue weighted by atomic mass is 32.2. The van der Waals surface area contributed by atoms with E-state index in [1.807, 2.05) is 29.9 Å². The van der Waals surface area contributed by atoms with E-state index in [4.69, 9.17) is 9.47 Å². The van der Waals surface area contributed by atoms with Crippen LogP contribution in [-0.2, 0) is 30.8 Å². The molecule has 39 heavy (non-hydrogen) atoms. The number of anilines is 1. The number of nitrogens with one attached hydrogen (secondary N) is 1. The number of sulfonamides is 1. The molecule has 4 heterocycles. The molecule has 3 aliphatic heterocycles. The molecule has 0 radical (unpaired) electrons. The zero-order valence-electron chi connectivity index (χ0n) is 22.1. The highest BCUT2D eigenvalue weighted by Crippen LogP contribution is 2.35. The quantitative estimate of drug-likeness (QED) is 0.372. The van der Waals surface area contributed by atoms with Gasteiger partial charge < -0.3 is 19.3 Å². The predicted octanol–water partition coefficient (Wildman–Crippen LogP) is 1.02. The minimum absolute atomic E-state index is 0.0972. The van der Waals surface area contributed by atoms with Crippen molar-refractivity contribution in [3.8, 4) is 0 Å². The van der Waals surface area contributed by atoms with E-state index in [9.17, 15) is 23.2 Å². The van der Waals surface area contributed by atoms with Crippen LogP contribution in [0.4, 0.5) is 10.5 Å². The molecule has 214 valence electrons. The predicted molar refractivity (Wildman–Crippen MR) is 142 cm³/mol. The molecule has 0 unspecified atom stereocenters. The molecule has 0 aliphatic carbocycles. The number of carbonyl (C=O) groups is 2. The third-order valence-electron chi connectivity index (χ3n) is 8.10. The van der Waals surface area contributed by atoms with Gasteiger partial charge in [0.15, 0.2) is 0 Å². The molecule has 2 aromatic rings. The van der Waals surface area contributed by atoms with E-state index in [-0.39, 0.29) is 45.1 Å². The van der Waals surface area contributed by atoms with Crippen molar-refractivity contribution in [2.45, 2.75) is 38.8 Å². The van der Waals surface area contributed by atoms with Gasteiger partial charge in [0.25, 0.3) is 5.91 Å². The van der Waals surface area contributed by atoms with Gasteiger partial charge >= 0.3 is 6.09 Å². The first kappa shape index (κ1) is 27.6. The van der Waals surface area contributed by atoms with E-state index in [0.717, 1.165) is 23.1 Å². The number of aromatic nitrogens is 2. The lowest BCUT2D eigenvalue weighted by Crippen LogP contribution is -2.56. The van der Waals surface area contributed by atoms with Crippen LogP contribution < -0.4 is 10.4 Å². The zero-order valence-corrected chi connectivity index (χ0v) is 22.9. The Morgan fingerprint density at radius 2 is 1.92 bits per heavy atom. The Morgan fingerprint density at radius 1 is 1.18 bits per heavy atom. The largest absolute Gasteiger partial charge is 0.444 e. The zero-order chi connectivity index (χ0) is 27.6. The fraction of sp³-hybridized carbons (Fsp3) is 0.640. The van der Waals surface area contributed by atoms with E-state index >= 15 is 0 Å². The molecule has 1 aromatic carbocycles. The second-order valence-corrected chi connectivity index (χ2v) is 12.4. The molecule has 2 amide bonds. The molecule has 3 fully saturated rings. The summed E-state index contributed by atoms with van der Waals surface area (Å²) in [6.07, 6.45) is 1.88. The van der Waals surface area contributed by atoms with E-state index < -0.39 is 33.2 Å². The lowest BCUT2D eigenvalue weighted by atomic mass is 9.79. The average Bonchev–Trinajstić information content (AvgIpc) is 3.62. The molecule has 0 bridgehead atoms. The van der Waals surface area contributed by atoms with Crippen LogP contribution in [0.25, 0.3) is 10.9 Å². The molecule has 14 heteroatoms. The molecule has 3 aliphatic rings. The van der Waals surface area contributed by atoms with Crippen molar-refractivity contribution >= 4 is 38.6 Å². The van der Waals surface area contributed by atoms with Crippen molar-refractivity contribution in [1.29, 1.82) is 0 Å². The van der Waals surface area contributed by atoms with Crippen molar-refractivity contribution in [3.63, 3.8) is 0 Å². The summed E-state index contributed by atoms with van der Waals surface area (Å²) in [7, 11) is -3.83. The number of hydrogen-bond acceptors (Lipinski definition) is 9. The Balaban J connectivity index is 1.21.